The number of para-hydroxylation sites is 2. The molecule has 186 valence electrons. The first kappa shape index (κ1) is 23.2. The van der Waals surface area contributed by atoms with Gasteiger partial charge in [0, 0.05) is 28.4 Å². The first-order valence-corrected chi connectivity index (χ1v) is 12.0. The molecule has 1 aromatic heterocycles. The Bertz CT molecular complexity index is 1710. The highest BCUT2D eigenvalue weighted by atomic mass is 19.1. The minimum absolute atomic E-state index is 0.0686. The molecule has 0 spiro atoms. The number of halogens is 1. The zero-order valence-corrected chi connectivity index (χ0v) is 20.0. The van der Waals surface area contributed by atoms with Crippen LogP contribution in [0.15, 0.2) is 115 Å². The Labute approximate surface area is 217 Å². The second-order valence-electron chi connectivity index (χ2n) is 8.88. The molecule has 0 bridgehead atoms. The van der Waals surface area contributed by atoms with E-state index in [1.165, 1.54) is 29.2 Å². The molecule has 1 aliphatic heterocycles. The van der Waals surface area contributed by atoms with Gasteiger partial charge in [0.15, 0.2) is 0 Å². The molecule has 0 saturated carbocycles. The summed E-state index contributed by atoms with van der Waals surface area (Å²) in [4.78, 5) is 31.2. The Morgan fingerprint density at radius 3 is 2.34 bits per heavy atom. The van der Waals surface area contributed by atoms with E-state index in [0.717, 1.165) is 5.52 Å². The van der Waals surface area contributed by atoms with Crippen LogP contribution in [-0.4, -0.2) is 21.8 Å². The number of Topliss-reactive ketones (excluding diaryl/α,β-unsaturated/α-hetero) is 1. The fourth-order valence-corrected chi connectivity index (χ4v) is 4.80. The smallest absolute Gasteiger partial charge is 0.300 e. The Hall–Kier alpha value is -5.17. The average Bonchev–Trinajstić information content (AvgIpc) is 3.49. The summed E-state index contributed by atoms with van der Waals surface area (Å²) in [5, 5.41) is 12.2. The van der Waals surface area contributed by atoms with Gasteiger partial charge in [0.25, 0.3) is 11.7 Å². The number of carbonyl (C=O) groups excluding carboxylic acids is 2. The van der Waals surface area contributed by atoms with Crippen LogP contribution in [0.3, 0.4) is 0 Å². The molecule has 38 heavy (non-hydrogen) atoms. The normalized spacial score (nSPS) is 16.8. The first-order chi connectivity index (χ1) is 18.5. The largest absolute Gasteiger partial charge is 0.507 e. The van der Waals surface area contributed by atoms with Crippen molar-refractivity contribution in [1.82, 2.24) is 4.98 Å². The maximum absolute atomic E-state index is 13.7. The molecular weight excluding hydrogens is 483 g/mol. The topological polar surface area (TPSA) is 82.6 Å². The van der Waals surface area contributed by atoms with Crippen LogP contribution in [0.25, 0.3) is 16.7 Å². The van der Waals surface area contributed by atoms with Gasteiger partial charge in [0.05, 0.1) is 11.6 Å². The molecule has 1 saturated heterocycles. The number of ether oxygens (including phenoxy) is 1. The molecule has 4 aromatic carbocycles. The minimum atomic E-state index is -0.978. The van der Waals surface area contributed by atoms with Gasteiger partial charge >= 0.3 is 0 Å². The van der Waals surface area contributed by atoms with Gasteiger partial charge in [-0.3, -0.25) is 14.5 Å². The van der Waals surface area contributed by atoms with Crippen LogP contribution in [-0.2, 0) is 9.59 Å². The van der Waals surface area contributed by atoms with Gasteiger partial charge in [-0.1, -0.05) is 48.5 Å². The summed E-state index contributed by atoms with van der Waals surface area (Å²) < 4.78 is 19.7. The van der Waals surface area contributed by atoms with E-state index in [4.69, 9.17) is 4.74 Å². The Morgan fingerprint density at radius 2 is 1.55 bits per heavy atom. The second-order valence-corrected chi connectivity index (χ2v) is 8.88. The van der Waals surface area contributed by atoms with Crippen molar-refractivity contribution >= 4 is 34.0 Å². The molecule has 2 N–H and O–H groups in total. The number of ketones is 1. The van der Waals surface area contributed by atoms with Crippen LogP contribution < -0.4 is 9.64 Å². The molecule has 1 unspecified atom stereocenters. The summed E-state index contributed by atoms with van der Waals surface area (Å²) >= 11 is 0. The summed E-state index contributed by atoms with van der Waals surface area (Å²) in [5.74, 6) is -1.32. The molecule has 1 fully saturated rings. The molecule has 0 radical (unpaired) electrons. The van der Waals surface area contributed by atoms with E-state index in [0.29, 0.717) is 33.7 Å². The highest BCUT2D eigenvalue weighted by Crippen LogP contribution is 2.43. The molecule has 0 aliphatic carbocycles. The van der Waals surface area contributed by atoms with Crippen molar-refractivity contribution in [1.29, 1.82) is 0 Å². The molecule has 6 rings (SSSR count). The Balaban J connectivity index is 1.53. The minimum Gasteiger partial charge on any atom is -0.507 e. The number of aliphatic hydroxyl groups is 1. The maximum atomic E-state index is 13.7. The van der Waals surface area contributed by atoms with Crippen molar-refractivity contribution in [2.24, 2.45) is 0 Å². The number of nitrogens with zero attached hydrogens (tertiary/aromatic N) is 1. The summed E-state index contributed by atoms with van der Waals surface area (Å²) in [5.41, 5.74) is 1.98. The summed E-state index contributed by atoms with van der Waals surface area (Å²) in [6, 6.07) is 27.9. The van der Waals surface area contributed by atoms with E-state index in [2.05, 4.69) is 4.98 Å². The number of aliphatic hydroxyl groups excluding tert-OH is 1. The van der Waals surface area contributed by atoms with Crippen molar-refractivity contribution < 1.29 is 23.8 Å². The number of hydrogen-bond acceptors (Lipinski definition) is 4. The summed E-state index contributed by atoms with van der Waals surface area (Å²) in [6.45, 7) is 0. The second kappa shape index (κ2) is 9.37. The van der Waals surface area contributed by atoms with E-state index in [9.17, 15) is 19.1 Å². The summed E-state index contributed by atoms with van der Waals surface area (Å²) in [6.07, 6.45) is 1.61. The van der Waals surface area contributed by atoms with Gasteiger partial charge in [-0.15, -0.1) is 0 Å². The number of nitrogens with one attached hydrogen (secondary N) is 1. The third kappa shape index (κ3) is 4.00. The predicted molar refractivity (Wildman–Crippen MR) is 142 cm³/mol. The van der Waals surface area contributed by atoms with E-state index >= 15 is 0 Å². The lowest BCUT2D eigenvalue weighted by Gasteiger charge is -2.25. The van der Waals surface area contributed by atoms with Crippen LogP contribution in [0.4, 0.5) is 10.1 Å². The lowest BCUT2D eigenvalue weighted by atomic mass is 9.94. The number of aromatic amines is 1. The molecule has 6 nitrogen and oxygen atoms in total. The summed E-state index contributed by atoms with van der Waals surface area (Å²) in [7, 11) is 0. The molecule has 2 heterocycles. The van der Waals surface area contributed by atoms with E-state index < -0.39 is 23.5 Å². The number of rotatable bonds is 5. The molecular formula is C31H21FN2O4. The highest BCUT2D eigenvalue weighted by molar-refractivity contribution is 6.51. The lowest BCUT2D eigenvalue weighted by Crippen LogP contribution is -2.29. The number of hydrogen-bond donors (Lipinski definition) is 2. The molecule has 1 amide bonds. The Morgan fingerprint density at radius 1 is 0.842 bits per heavy atom. The van der Waals surface area contributed by atoms with Crippen LogP contribution in [0.1, 0.15) is 17.2 Å². The van der Waals surface area contributed by atoms with Gasteiger partial charge in [-0.2, -0.15) is 0 Å². The lowest BCUT2D eigenvalue weighted by molar-refractivity contribution is -0.132. The molecule has 1 aliphatic rings. The number of anilines is 1. The Kier molecular flexibility index (Phi) is 5.73. The van der Waals surface area contributed by atoms with Gasteiger partial charge < -0.3 is 14.8 Å². The number of aromatic nitrogens is 1. The van der Waals surface area contributed by atoms with Crippen LogP contribution in [0.2, 0.25) is 0 Å². The fraction of sp³-hybridized carbons (Fsp3) is 0.0323. The van der Waals surface area contributed by atoms with Crippen molar-refractivity contribution in [3.63, 3.8) is 0 Å². The van der Waals surface area contributed by atoms with Gasteiger partial charge in [-0.25, -0.2) is 4.39 Å². The molecule has 7 heteroatoms. The van der Waals surface area contributed by atoms with E-state index in [1.54, 1.807) is 30.5 Å². The van der Waals surface area contributed by atoms with Crippen molar-refractivity contribution in [3.8, 4) is 11.5 Å². The van der Waals surface area contributed by atoms with Crippen molar-refractivity contribution in [2.45, 2.75) is 6.04 Å². The highest BCUT2D eigenvalue weighted by Gasteiger charge is 2.47. The first-order valence-electron chi connectivity index (χ1n) is 12.0. The quantitative estimate of drug-likeness (QED) is 0.158. The number of fused-ring (bicyclic) bond motifs is 1. The average molecular weight is 505 g/mol. The van der Waals surface area contributed by atoms with Crippen molar-refractivity contribution in [2.75, 3.05) is 4.90 Å². The fourth-order valence-electron chi connectivity index (χ4n) is 4.80. The van der Waals surface area contributed by atoms with E-state index in [1.807, 2.05) is 54.6 Å². The number of benzene rings is 4. The van der Waals surface area contributed by atoms with Crippen molar-refractivity contribution in [3.05, 3.63) is 132 Å². The zero-order valence-electron chi connectivity index (χ0n) is 20.0. The third-order valence-corrected chi connectivity index (χ3v) is 6.55. The van der Waals surface area contributed by atoms with Crippen LogP contribution >= 0.6 is 0 Å². The number of carbonyl (C=O) groups is 2. The van der Waals surface area contributed by atoms with Gasteiger partial charge in [-0.05, 0) is 60.2 Å². The third-order valence-electron chi connectivity index (χ3n) is 6.55. The van der Waals surface area contributed by atoms with Crippen LogP contribution in [0, 0.1) is 5.82 Å². The number of H-pyrrole nitrogens is 1. The molecule has 1 atom stereocenters. The van der Waals surface area contributed by atoms with Gasteiger partial charge in [0.1, 0.15) is 23.1 Å². The standard InChI is InChI=1S/C31H21FN2O4/c32-20-13-15-21(16-14-20)34-28(19-7-6-10-23(17-19)38-22-8-2-1-3-9-22)27(30(36)31(34)37)29(35)25-18-33-26-12-5-4-11-24(25)26/h1-18,28,33,35H/b29-27+. The monoisotopic (exact) mass is 504 g/mol. The SMILES string of the molecule is O=C1C(=O)N(c2ccc(F)cc2)C(c2cccc(Oc3ccccc3)c2)/C1=C(\O)c1c[nH]c2ccccc12. The zero-order chi connectivity index (χ0) is 26.2. The molecule has 5 aromatic rings. The number of amides is 1. The predicted octanol–water partition coefficient (Wildman–Crippen LogP) is 6.73. The van der Waals surface area contributed by atoms with Gasteiger partial charge in [0.2, 0.25) is 0 Å². The van der Waals surface area contributed by atoms with E-state index in [-0.39, 0.29) is 11.3 Å². The van der Waals surface area contributed by atoms with Crippen LogP contribution in [0.5, 0.6) is 11.5 Å². The maximum Gasteiger partial charge on any atom is 0.300 e.